The van der Waals surface area contributed by atoms with Gasteiger partial charge in [-0.05, 0) is 54.6 Å². The third kappa shape index (κ3) is 4.05. The van der Waals surface area contributed by atoms with Crippen LogP contribution in [0, 0.1) is 0 Å². The van der Waals surface area contributed by atoms with E-state index in [1.807, 2.05) is 0 Å². The van der Waals surface area contributed by atoms with Crippen molar-refractivity contribution in [2.75, 3.05) is 12.4 Å². The molecule has 0 atom stereocenters. The Labute approximate surface area is 148 Å². The molecule has 7 heteroatoms. The molecule has 1 aromatic heterocycles. The van der Waals surface area contributed by atoms with E-state index in [1.165, 1.54) is 6.07 Å². The van der Waals surface area contributed by atoms with Gasteiger partial charge in [0.1, 0.15) is 11.4 Å². The quantitative estimate of drug-likeness (QED) is 0.751. The molecule has 126 valence electrons. The summed E-state index contributed by atoms with van der Waals surface area (Å²) in [6.45, 7) is 0. The molecule has 0 aliphatic carbocycles. The van der Waals surface area contributed by atoms with Gasteiger partial charge >= 0.3 is 5.69 Å². The number of carbonyl (C=O) groups excluding carboxylic acids is 1. The van der Waals surface area contributed by atoms with Crippen LogP contribution in [0.3, 0.4) is 0 Å². The van der Waals surface area contributed by atoms with Crippen LogP contribution in [-0.4, -0.2) is 23.0 Å². The highest BCUT2D eigenvalue weighted by Crippen LogP contribution is 2.20. The number of hydrogen-bond donors (Lipinski definition) is 2. The van der Waals surface area contributed by atoms with Crippen molar-refractivity contribution in [2.24, 2.45) is 0 Å². The molecule has 2 aromatic carbocycles. The summed E-state index contributed by atoms with van der Waals surface area (Å²) < 4.78 is 5.10. The van der Waals surface area contributed by atoms with Gasteiger partial charge in [-0.3, -0.25) is 4.79 Å². The number of methoxy groups -OCH3 is 1. The zero-order valence-electron chi connectivity index (χ0n) is 13.2. The third-order valence-electron chi connectivity index (χ3n) is 3.48. The van der Waals surface area contributed by atoms with E-state index in [1.54, 1.807) is 55.6 Å². The van der Waals surface area contributed by atoms with Crippen molar-refractivity contribution >= 4 is 23.2 Å². The summed E-state index contributed by atoms with van der Waals surface area (Å²) >= 11 is 5.82. The van der Waals surface area contributed by atoms with Gasteiger partial charge in [-0.2, -0.15) is 4.98 Å². The maximum Gasteiger partial charge on any atom is 0.346 e. The first-order valence-corrected chi connectivity index (χ1v) is 7.75. The van der Waals surface area contributed by atoms with Gasteiger partial charge in [-0.1, -0.05) is 11.6 Å². The monoisotopic (exact) mass is 355 g/mol. The van der Waals surface area contributed by atoms with Gasteiger partial charge < -0.3 is 15.0 Å². The van der Waals surface area contributed by atoms with Crippen LogP contribution in [0.1, 0.15) is 10.5 Å². The smallest absolute Gasteiger partial charge is 0.346 e. The van der Waals surface area contributed by atoms with Gasteiger partial charge in [0.2, 0.25) is 0 Å². The average molecular weight is 356 g/mol. The molecule has 6 nitrogen and oxygen atoms in total. The number of nitrogens with one attached hydrogen (secondary N) is 2. The molecular formula is C18H14ClN3O3. The molecule has 0 bridgehead atoms. The minimum atomic E-state index is -0.602. The van der Waals surface area contributed by atoms with E-state index in [2.05, 4.69) is 15.3 Å². The first-order chi connectivity index (χ1) is 12.0. The first kappa shape index (κ1) is 16.7. The number of anilines is 1. The predicted octanol–water partition coefficient (Wildman–Crippen LogP) is 3.35. The molecule has 25 heavy (non-hydrogen) atoms. The Morgan fingerprint density at radius 2 is 1.80 bits per heavy atom. The Bertz CT molecular complexity index is 951. The van der Waals surface area contributed by atoms with E-state index in [0.29, 0.717) is 27.7 Å². The highest BCUT2D eigenvalue weighted by molar-refractivity contribution is 6.30. The zero-order valence-corrected chi connectivity index (χ0v) is 14.0. The molecule has 0 saturated heterocycles. The molecular weight excluding hydrogens is 342 g/mol. The van der Waals surface area contributed by atoms with Crippen molar-refractivity contribution in [2.45, 2.75) is 0 Å². The van der Waals surface area contributed by atoms with Gasteiger partial charge in [0.05, 0.1) is 12.8 Å². The summed E-state index contributed by atoms with van der Waals surface area (Å²) in [5, 5.41) is 3.26. The number of H-pyrrole nitrogens is 1. The number of benzene rings is 2. The van der Waals surface area contributed by atoms with Crippen LogP contribution in [0.25, 0.3) is 11.3 Å². The molecule has 0 unspecified atom stereocenters. The standard InChI is InChI=1S/C18H14ClN3O3/c1-25-14-8-2-11(3-9-14)15-10-16(22-18(24)21-15)17(23)20-13-6-4-12(19)5-7-13/h2-10H,1H3,(H,20,23)(H,21,22,24). The Morgan fingerprint density at radius 1 is 1.12 bits per heavy atom. The summed E-state index contributed by atoms with van der Waals surface area (Å²) in [4.78, 5) is 30.5. The maximum atomic E-state index is 12.4. The fourth-order valence-electron chi connectivity index (χ4n) is 2.22. The van der Waals surface area contributed by atoms with Crippen LogP contribution in [0.2, 0.25) is 5.02 Å². The molecule has 0 aliphatic heterocycles. The molecule has 1 amide bonds. The van der Waals surface area contributed by atoms with Gasteiger partial charge in [0.25, 0.3) is 5.91 Å². The van der Waals surface area contributed by atoms with E-state index in [9.17, 15) is 9.59 Å². The summed E-state index contributed by atoms with van der Waals surface area (Å²) in [5.74, 6) is 0.242. The highest BCUT2D eigenvalue weighted by Gasteiger charge is 2.11. The van der Waals surface area contributed by atoms with Crippen molar-refractivity contribution in [1.82, 2.24) is 9.97 Å². The number of halogens is 1. The normalized spacial score (nSPS) is 10.3. The minimum absolute atomic E-state index is 0.112. The lowest BCUT2D eigenvalue weighted by molar-refractivity contribution is 0.102. The number of ether oxygens (including phenoxy) is 1. The second-order valence-corrected chi connectivity index (χ2v) is 5.61. The van der Waals surface area contributed by atoms with E-state index < -0.39 is 11.6 Å². The first-order valence-electron chi connectivity index (χ1n) is 7.38. The second kappa shape index (κ2) is 7.19. The fourth-order valence-corrected chi connectivity index (χ4v) is 2.35. The predicted molar refractivity (Wildman–Crippen MR) is 96.3 cm³/mol. The molecule has 0 aliphatic rings. The van der Waals surface area contributed by atoms with Crippen molar-refractivity contribution in [3.63, 3.8) is 0 Å². The number of rotatable bonds is 4. The lowest BCUT2D eigenvalue weighted by Crippen LogP contribution is -2.21. The SMILES string of the molecule is COc1ccc(-c2cc(C(=O)Nc3ccc(Cl)cc3)[nH]c(=O)n2)cc1. The lowest BCUT2D eigenvalue weighted by atomic mass is 10.1. The molecule has 0 spiro atoms. The van der Waals surface area contributed by atoms with Crippen LogP contribution in [0.15, 0.2) is 59.4 Å². The van der Waals surface area contributed by atoms with Gasteiger partial charge in [-0.15, -0.1) is 0 Å². The average Bonchev–Trinajstić information content (AvgIpc) is 2.63. The van der Waals surface area contributed by atoms with Crippen molar-refractivity contribution < 1.29 is 9.53 Å². The van der Waals surface area contributed by atoms with Crippen molar-refractivity contribution in [1.29, 1.82) is 0 Å². The van der Waals surface area contributed by atoms with Crippen molar-refractivity contribution in [3.05, 3.63) is 75.8 Å². The van der Waals surface area contributed by atoms with Gasteiger partial charge in [0.15, 0.2) is 0 Å². The van der Waals surface area contributed by atoms with E-state index >= 15 is 0 Å². The Hall–Kier alpha value is -3.12. The fraction of sp³-hybridized carbons (Fsp3) is 0.0556. The Balaban J connectivity index is 1.88. The molecule has 0 fully saturated rings. The number of nitrogens with zero attached hydrogens (tertiary/aromatic N) is 1. The number of hydrogen-bond acceptors (Lipinski definition) is 4. The van der Waals surface area contributed by atoms with Crippen LogP contribution in [0.4, 0.5) is 5.69 Å². The zero-order chi connectivity index (χ0) is 17.8. The largest absolute Gasteiger partial charge is 0.497 e. The third-order valence-corrected chi connectivity index (χ3v) is 3.73. The van der Waals surface area contributed by atoms with Crippen molar-refractivity contribution in [3.8, 4) is 17.0 Å². The van der Waals surface area contributed by atoms with E-state index in [4.69, 9.17) is 16.3 Å². The molecule has 1 heterocycles. The van der Waals surface area contributed by atoms with Gasteiger partial charge in [0, 0.05) is 16.3 Å². The molecule has 0 saturated carbocycles. The number of aromatic nitrogens is 2. The van der Waals surface area contributed by atoms with Crippen LogP contribution in [-0.2, 0) is 0 Å². The van der Waals surface area contributed by atoms with E-state index in [-0.39, 0.29) is 5.69 Å². The summed E-state index contributed by atoms with van der Waals surface area (Å²) in [5.41, 5.74) is 1.17. The maximum absolute atomic E-state index is 12.4. The summed E-state index contributed by atoms with van der Waals surface area (Å²) in [7, 11) is 1.57. The molecule has 3 rings (SSSR count). The van der Waals surface area contributed by atoms with Crippen LogP contribution >= 0.6 is 11.6 Å². The highest BCUT2D eigenvalue weighted by atomic mass is 35.5. The van der Waals surface area contributed by atoms with Crippen LogP contribution < -0.4 is 15.7 Å². The topological polar surface area (TPSA) is 84.1 Å². The van der Waals surface area contributed by atoms with Crippen LogP contribution in [0.5, 0.6) is 5.75 Å². The van der Waals surface area contributed by atoms with E-state index in [0.717, 1.165) is 0 Å². The molecule has 2 N–H and O–H groups in total. The Kier molecular flexibility index (Phi) is 4.81. The second-order valence-electron chi connectivity index (χ2n) is 5.17. The Morgan fingerprint density at radius 3 is 2.44 bits per heavy atom. The number of aromatic amines is 1. The summed E-state index contributed by atoms with van der Waals surface area (Å²) in [6, 6.07) is 15.2. The molecule has 0 radical (unpaired) electrons. The minimum Gasteiger partial charge on any atom is -0.497 e. The van der Waals surface area contributed by atoms with Gasteiger partial charge in [-0.25, -0.2) is 4.79 Å². The molecule has 3 aromatic rings. The lowest BCUT2D eigenvalue weighted by Gasteiger charge is -2.07. The summed E-state index contributed by atoms with van der Waals surface area (Å²) in [6.07, 6.45) is 0. The number of amides is 1. The number of carbonyl (C=O) groups is 1.